The average molecular weight is 319 g/mol. The maximum atomic E-state index is 11.8. The average Bonchev–Trinajstić information content (AvgIpc) is 2.41. The van der Waals surface area contributed by atoms with Gasteiger partial charge >= 0.3 is 6.09 Å². The first-order valence-corrected chi connectivity index (χ1v) is 7.36. The predicted octanol–water partition coefficient (Wildman–Crippen LogP) is 1.49. The lowest BCUT2D eigenvalue weighted by molar-refractivity contribution is -0.141. The molecule has 1 aromatic carbocycles. The van der Waals surface area contributed by atoms with Crippen molar-refractivity contribution in [2.24, 2.45) is 0 Å². The molecule has 0 atom stereocenters. The minimum atomic E-state index is -0.574. The van der Waals surface area contributed by atoms with Crippen molar-refractivity contribution in [2.75, 3.05) is 18.4 Å². The molecule has 1 saturated heterocycles. The van der Waals surface area contributed by atoms with Crippen LogP contribution < -0.4 is 10.6 Å². The molecule has 2 rings (SSSR count). The van der Waals surface area contributed by atoms with Gasteiger partial charge < -0.3 is 15.0 Å². The van der Waals surface area contributed by atoms with Crippen molar-refractivity contribution >= 4 is 23.6 Å². The molecule has 124 valence electrons. The second kappa shape index (κ2) is 6.68. The van der Waals surface area contributed by atoms with E-state index in [1.165, 1.54) is 4.90 Å². The van der Waals surface area contributed by atoms with Crippen LogP contribution in [0.1, 0.15) is 26.3 Å². The molecule has 1 aromatic rings. The van der Waals surface area contributed by atoms with Crippen molar-refractivity contribution in [3.05, 3.63) is 29.8 Å². The first-order chi connectivity index (χ1) is 10.7. The van der Waals surface area contributed by atoms with Crippen molar-refractivity contribution in [2.45, 2.75) is 32.9 Å². The van der Waals surface area contributed by atoms with Crippen LogP contribution in [0.15, 0.2) is 24.3 Å². The Labute approximate surface area is 135 Å². The number of benzene rings is 1. The zero-order chi connectivity index (χ0) is 17.0. The Kier molecular flexibility index (Phi) is 4.88. The fourth-order valence-electron chi connectivity index (χ4n) is 2.14. The summed E-state index contributed by atoms with van der Waals surface area (Å²) in [6.07, 6.45) is -0.539. The standard InChI is InChI=1S/C16H21N3O4/c1-16(2,3)23-15(22)18-12-6-4-5-11(7-12)9-19-10-13(20)17-8-14(19)21/h4-7H,8-10H2,1-3H3,(H,17,20)(H,18,22). The van der Waals surface area contributed by atoms with Crippen molar-refractivity contribution in [3.63, 3.8) is 0 Å². The molecule has 3 amide bonds. The molecule has 1 aliphatic rings. The fourth-order valence-corrected chi connectivity index (χ4v) is 2.14. The Hall–Kier alpha value is -2.57. The van der Waals surface area contributed by atoms with Crippen molar-refractivity contribution < 1.29 is 19.1 Å². The Morgan fingerprint density at radius 1 is 1.35 bits per heavy atom. The number of carbonyl (C=O) groups excluding carboxylic acids is 3. The molecule has 0 unspecified atom stereocenters. The molecule has 0 aromatic heterocycles. The fraction of sp³-hybridized carbons (Fsp3) is 0.438. The van der Waals surface area contributed by atoms with Gasteiger partial charge in [0.25, 0.3) is 0 Å². The smallest absolute Gasteiger partial charge is 0.412 e. The molecule has 7 heteroatoms. The molecule has 0 aliphatic carbocycles. The molecule has 0 radical (unpaired) electrons. The third-order valence-electron chi connectivity index (χ3n) is 3.07. The number of piperazine rings is 1. The SMILES string of the molecule is CC(C)(C)OC(=O)Nc1cccc(CN2CC(=O)NCC2=O)c1. The van der Waals surface area contributed by atoms with Crippen LogP contribution in [0.25, 0.3) is 0 Å². The van der Waals surface area contributed by atoms with Gasteiger partial charge in [0.15, 0.2) is 0 Å². The minimum absolute atomic E-state index is 0.0225. The van der Waals surface area contributed by atoms with Crippen LogP contribution in [-0.2, 0) is 20.9 Å². The van der Waals surface area contributed by atoms with E-state index in [2.05, 4.69) is 10.6 Å². The quantitative estimate of drug-likeness (QED) is 0.883. The van der Waals surface area contributed by atoms with Crippen LogP contribution >= 0.6 is 0 Å². The molecule has 0 bridgehead atoms. The molecule has 1 fully saturated rings. The predicted molar refractivity (Wildman–Crippen MR) is 84.7 cm³/mol. The molecule has 1 heterocycles. The Morgan fingerprint density at radius 2 is 2.09 bits per heavy atom. The number of rotatable bonds is 3. The lowest BCUT2D eigenvalue weighted by Crippen LogP contribution is -2.50. The molecular formula is C16H21N3O4. The molecule has 0 saturated carbocycles. The number of ether oxygens (including phenoxy) is 1. The highest BCUT2D eigenvalue weighted by Crippen LogP contribution is 2.15. The van der Waals surface area contributed by atoms with Crippen LogP contribution in [0.4, 0.5) is 10.5 Å². The third kappa shape index (κ3) is 5.28. The largest absolute Gasteiger partial charge is 0.444 e. The normalized spacial score (nSPS) is 15.2. The van der Waals surface area contributed by atoms with Gasteiger partial charge in [-0.15, -0.1) is 0 Å². The summed E-state index contributed by atoms with van der Waals surface area (Å²) < 4.78 is 5.20. The molecular weight excluding hydrogens is 298 g/mol. The monoisotopic (exact) mass is 319 g/mol. The first kappa shape index (κ1) is 16.8. The highest BCUT2D eigenvalue weighted by molar-refractivity contribution is 5.92. The summed E-state index contributed by atoms with van der Waals surface area (Å²) in [5.74, 6) is -0.303. The van der Waals surface area contributed by atoms with E-state index in [0.717, 1.165) is 5.56 Å². The Morgan fingerprint density at radius 3 is 2.78 bits per heavy atom. The van der Waals surface area contributed by atoms with Gasteiger partial charge in [0, 0.05) is 12.2 Å². The van der Waals surface area contributed by atoms with Gasteiger partial charge in [0.05, 0.1) is 13.1 Å². The topological polar surface area (TPSA) is 87.7 Å². The number of anilines is 1. The molecule has 7 nitrogen and oxygen atoms in total. The zero-order valence-electron chi connectivity index (χ0n) is 13.5. The highest BCUT2D eigenvalue weighted by atomic mass is 16.6. The van der Waals surface area contributed by atoms with Gasteiger partial charge in [-0.25, -0.2) is 4.79 Å². The third-order valence-corrected chi connectivity index (χ3v) is 3.07. The van der Waals surface area contributed by atoms with Crippen LogP contribution in [0.5, 0.6) is 0 Å². The van der Waals surface area contributed by atoms with Crippen LogP contribution in [0.3, 0.4) is 0 Å². The van der Waals surface area contributed by atoms with Gasteiger partial charge in [-0.1, -0.05) is 12.1 Å². The zero-order valence-corrected chi connectivity index (χ0v) is 13.5. The summed E-state index contributed by atoms with van der Waals surface area (Å²) in [5, 5.41) is 5.16. The summed E-state index contributed by atoms with van der Waals surface area (Å²) in [6.45, 7) is 5.75. The van der Waals surface area contributed by atoms with E-state index in [4.69, 9.17) is 4.74 Å². The van der Waals surface area contributed by atoms with E-state index in [0.29, 0.717) is 12.2 Å². The Balaban J connectivity index is 2.00. The summed E-state index contributed by atoms with van der Waals surface area (Å²) in [5.41, 5.74) is 0.821. The molecule has 2 N–H and O–H groups in total. The van der Waals surface area contributed by atoms with Crippen LogP contribution in [0.2, 0.25) is 0 Å². The highest BCUT2D eigenvalue weighted by Gasteiger charge is 2.23. The van der Waals surface area contributed by atoms with Crippen molar-refractivity contribution in [3.8, 4) is 0 Å². The van der Waals surface area contributed by atoms with E-state index in [-0.39, 0.29) is 24.9 Å². The lowest BCUT2D eigenvalue weighted by atomic mass is 10.1. The summed E-state index contributed by atoms with van der Waals surface area (Å²) >= 11 is 0. The number of carbonyl (C=O) groups is 3. The van der Waals surface area contributed by atoms with Crippen LogP contribution in [0, 0.1) is 0 Å². The molecule has 1 aliphatic heterocycles. The first-order valence-electron chi connectivity index (χ1n) is 7.36. The molecule has 23 heavy (non-hydrogen) atoms. The summed E-state index contributed by atoms with van der Waals surface area (Å²) in [4.78, 5) is 36.4. The van der Waals surface area contributed by atoms with Crippen molar-refractivity contribution in [1.82, 2.24) is 10.2 Å². The van der Waals surface area contributed by atoms with Gasteiger partial charge in [-0.3, -0.25) is 14.9 Å². The number of nitrogens with one attached hydrogen (secondary N) is 2. The maximum Gasteiger partial charge on any atom is 0.412 e. The number of hydrogen-bond donors (Lipinski definition) is 2. The minimum Gasteiger partial charge on any atom is -0.444 e. The van der Waals surface area contributed by atoms with Gasteiger partial charge in [0.2, 0.25) is 11.8 Å². The van der Waals surface area contributed by atoms with E-state index < -0.39 is 11.7 Å². The number of hydrogen-bond acceptors (Lipinski definition) is 4. The summed E-state index contributed by atoms with van der Waals surface area (Å²) in [6, 6.07) is 7.10. The number of amides is 3. The van der Waals surface area contributed by atoms with Gasteiger partial charge in [-0.05, 0) is 38.5 Å². The second-order valence-corrected chi connectivity index (χ2v) is 6.35. The second-order valence-electron chi connectivity index (χ2n) is 6.35. The van der Waals surface area contributed by atoms with Gasteiger partial charge in [-0.2, -0.15) is 0 Å². The maximum absolute atomic E-state index is 11.8. The summed E-state index contributed by atoms with van der Waals surface area (Å²) in [7, 11) is 0. The number of nitrogens with zero attached hydrogens (tertiary/aromatic N) is 1. The molecule has 0 spiro atoms. The van der Waals surface area contributed by atoms with E-state index in [1.807, 2.05) is 6.07 Å². The van der Waals surface area contributed by atoms with Gasteiger partial charge in [0.1, 0.15) is 5.60 Å². The lowest BCUT2D eigenvalue weighted by Gasteiger charge is -2.26. The van der Waals surface area contributed by atoms with E-state index in [9.17, 15) is 14.4 Å². The van der Waals surface area contributed by atoms with E-state index in [1.54, 1.807) is 39.0 Å². The van der Waals surface area contributed by atoms with Crippen LogP contribution in [-0.4, -0.2) is 41.5 Å². The van der Waals surface area contributed by atoms with E-state index >= 15 is 0 Å². The Bertz CT molecular complexity index is 622. The van der Waals surface area contributed by atoms with Crippen molar-refractivity contribution in [1.29, 1.82) is 0 Å².